The van der Waals surface area contributed by atoms with Crippen molar-refractivity contribution in [2.75, 3.05) is 0 Å². The molecule has 0 saturated carbocycles. The standard InChI is InChI=1S/C21H23N3O4S/c1-6-13(3)23-20(25)19(29-21(23)26)11-16-10-14(4)22(15(16)5)18-8-7-17(24(27)28)9-12(18)2/h7-11,13H,6H2,1-5H3/b19-11+/t13-/m0/s1. The molecule has 1 atom stereocenters. The van der Waals surface area contributed by atoms with Crippen molar-refractivity contribution in [1.82, 2.24) is 9.47 Å². The molecule has 1 saturated heterocycles. The van der Waals surface area contributed by atoms with Crippen molar-refractivity contribution in [1.29, 1.82) is 0 Å². The molecule has 2 amide bonds. The van der Waals surface area contributed by atoms with E-state index in [1.54, 1.807) is 18.2 Å². The van der Waals surface area contributed by atoms with E-state index in [4.69, 9.17) is 0 Å². The molecule has 2 heterocycles. The van der Waals surface area contributed by atoms with Gasteiger partial charge in [-0.3, -0.25) is 24.6 Å². The van der Waals surface area contributed by atoms with Crippen molar-refractivity contribution in [2.45, 2.75) is 47.1 Å². The molecule has 29 heavy (non-hydrogen) atoms. The zero-order chi connectivity index (χ0) is 21.5. The van der Waals surface area contributed by atoms with Crippen molar-refractivity contribution < 1.29 is 14.5 Å². The van der Waals surface area contributed by atoms with Gasteiger partial charge in [0.1, 0.15) is 0 Å². The fraction of sp³-hybridized carbons (Fsp3) is 0.333. The molecule has 2 aromatic rings. The van der Waals surface area contributed by atoms with E-state index >= 15 is 0 Å². The predicted molar refractivity (Wildman–Crippen MR) is 114 cm³/mol. The number of hydrogen-bond donors (Lipinski definition) is 0. The number of imide groups is 1. The summed E-state index contributed by atoms with van der Waals surface area (Å²) in [6.07, 6.45) is 2.46. The van der Waals surface area contributed by atoms with E-state index in [2.05, 4.69) is 0 Å². The molecule has 0 radical (unpaired) electrons. The maximum absolute atomic E-state index is 12.7. The Kier molecular flexibility index (Phi) is 5.66. The molecule has 0 bridgehead atoms. The van der Waals surface area contributed by atoms with Crippen LogP contribution in [0.2, 0.25) is 0 Å². The molecule has 7 nitrogen and oxygen atoms in total. The van der Waals surface area contributed by atoms with Crippen LogP contribution in [0.15, 0.2) is 29.2 Å². The Morgan fingerprint density at radius 2 is 1.90 bits per heavy atom. The van der Waals surface area contributed by atoms with Gasteiger partial charge in [0.25, 0.3) is 16.8 Å². The number of hydrogen-bond acceptors (Lipinski definition) is 5. The normalized spacial score (nSPS) is 16.7. The molecule has 0 aliphatic carbocycles. The molecule has 0 N–H and O–H groups in total. The van der Waals surface area contributed by atoms with Crippen LogP contribution in [0, 0.1) is 30.9 Å². The van der Waals surface area contributed by atoms with Gasteiger partial charge < -0.3 is 4.57 Å². The van der Waals surface area contributed by atoms with Crippen molar-refractivity contribution >= 4 is 34.7 Å². The Morgan fingerprint density at radius 1 is 1.21 bits per heavy atom. The van der Waals surface area contributed by atoms with Crippen LogP contribution >= 0.6 is 11.8 Å². The van der Waals surface area contributed by atoms with E-state index in [0.717, 1.165) is 40.0 Å². The summed E-state index contributed by atoms with van der Waals surface area (Å²) < 4.78 is 2.00. The van der Waals surface area contributed by atoms with Crippen LogP contribution in [0.4, 0.5) is 10.5 Å². The number of carbonyl (C=O) groups is 2. The molecular weight excluding hydrogens is 390 g/mol. The van der Waals surface area contributed by atoms with Crippen LogP contribution in [0.3, 0.4) is 0 Å². The maximum atomic E-state index is 12.7. The number of nitro benzene ring substituents is 1. The molecule has 1 aliphatic heterocycles. The number of aryl methyl sites for hydroxylation is 2. The van der Waals surface area contributed by atoms with Gasteiger partial charge in [-0.1, -0.05) is 6.92 Å². The molecule has 152 valence electrons. The third kappa shape index (κ3) is 3.72. The number of non-ortho nitro benzene ring substituents is 1. The molecule has 3 rings (SSSR count). The summed E-state index contributed by atoms with van der Waals surface area (Å²) in [6.45, 7) is 9.51. The molecule has 1 aromatic carbocycles. The number of nitro groups is 1. The lowest BCUT2D eigenvalue weighted by atomic mass is 10.1. The average Bonchev–Trinajstić information content (AvgIpc) is 3.10. The average molecular weight is 413 g/mol. The second-order valence-electron chi connectivity index (χ2n) is 7.20. The molecule has 1 fully saturated rings. The lowest BCUT2D eigenvalue weighted by molar-refractivity contribution is -0.384. The number of carbonyl (C=O) groups excluding carboxylic acids is 2. The molecule has 1 aliphatic rings. The van der Waals surface area contributed by atoms with Gasteiger partial charge in [0.05, 0.1) is 9.83 Å². The van der Waals surface area contributed by atoms with Crippen molar-refractivity contribution in [3.8, 4) is 5.69 Å². The van der Waals surface area contributed by atoms with Gasteiger partial charge in [0, 0.05) is 35.2 Å². The second kappa shape index (κ2) is 7.87. The Hall–Kier alpha value is -2.87. The second-order valence-corrected chi connectivity index (χ2v) is 8.19. The van der Waals surface area contributed by atoms with Crippen LogP contribution in [0.1, 0.15) is 42.8 Å². The highest BCUT2D eigenvalue weighted by Gasteiger charge is 2.37. The molecule has 8 heteroatoms. The molecule has 1 aromatic heterocycles. The molecular formula is C21H23N3O4S. The Morgan fingerprint density at radius 3 is 2.48 bits per heavy atom. The number of nitrogens with zero attached hydrogens (tertiary/aromatic N) is 3. The molecule has 0 unspecified atom stereocenters. The quantitative estimate of drug-likeness (QED) is 0.385. The maximum Gasteiger partial charge on any atom is 0.293 e. The Labute approximate surface area is 173 Å². The first kappa shape index (κ1) is 20.9. The summed E-state index contributed by atoms with van der Waals surface area (Å²) >= 11 is 0.963. The van der Waals surface area contributed by atoms with E-state index in [-0.39, 0.29) is 22.9 Å². The van der Waals surface area contributed by atoms with E-state index in [1.807, 2.05) is 45.3 Å². The van der Waals surface area contributed by atoms with E-state index in [0.29, 0.717) is 11.3 Å². The summed E-state index contributed by atoms with van der Waals surface area (Å²) in [4.78, 5) is 37.3. The number of aromatic nitrogens is 1. The van der Waals surface area contributed by atoms with Crippen LogP contribution in [0.5, 0.6) is 0 Å². The fourth-order valence-corrected chi connectivity index (χ4v) is 4.41. The first-order valence-electron chi connectivity index (χ1n) is 9.37. The highest BCUT2D eigenvalue weighted by Crippen LogP contribution is 2.35. The minimum absolute atomic E-state index is 0.0488. The van der Waals surface area contributed by atoms with Crippen LogP contribution in [-0.4, -0.2) is 31.6 Å². The number of amides is 2. The Bertz CT molecular complexity index is 1050. The first-order valence-corrected chi connectivity index (χ1v) is 10.2. The number of rotatable bonds is 5. The number of thioether (sulfide) groups is 1. The lowest BCUT2D eigenvalue weighted by Gasteiger charge is -2.19. The van der Waals surface area contributed by atoms with Gasteiger partial charge >= 0.3 is 0 Å². The minimum atomic E-state index is -0.412. The van der Waals surface area contributed by atoms with Crippen LogP contribution < -0.4 is 0 Å². The topological polar surface area (TPSA) is 85.4 Å². The summed E-state index contributed by atoms with van der Waals surface area (Å²) in [6, 6.07) is 6.58. The number of benzene rings is 1. The lowest BCUT2D eigenvalue weighted by Crippen LogP contribution is -2.36. The van der Waals surface area contributed by atoms with E-state index in [9.17, 15) is 19.7 Å². The third-order valence-corrected chi connectivity index (χ3v) is 6.13. The van der Waals surface area contributed by atoms with Crippen LogP contribution in [0.25, 0.3) is 11.8 Å². The fourth-order valence-electron chi connectivity index (χ4n) is 3.49. The monoisotopic (exact) mass is 413 g/mol. The van der Waals surface area contributed by atoms with Gasteiger partial charge in [0.15, 0.2) is 0 Å². The largest absolute Gasteiger partial charge is 0.318 e. The van der Waals surface area contributed by atoms with E-state index < -0.39 is 4.92 Å². The van der Waals surface area contributed by atoms with Gasteiger partial charge in [-0.2, -0.15) is 0 Å². The predicted octanol–water partition coefficient (Wildman–Crippen LogP) is 5.15. The van der Waals surface area contributed by atoms with Crippen molar-refractivity contribution in [3.05, 3.63) is 61.8 Å². The van der Waals surface area contributed by atoms with Crippen molar-refractivity contribution in [2.24, 2.45) is 0 Å². The third-order valence-electron chi connectivity index (χ3n) is 5.24. The molecule has 0 spiro atoms. The highest BCUT2D eigenvalue weighted by molar-refractivity contribution is 8.18. The summed E-state index contributed by atoms with van der Waals surface area (Å²) in [5.74, 6) is -0.259. The van der Waals surface area contributed by atoms with E-state index in [1.165, 1.54) is 11.0 Å². The van der Waals surface area contributed by atoms with Gasteiger partial charge in [-0.15, -0.1) is 0 Å². The Balaban J connectivity index is 2.01. The van der Waals surface area contributed by atoms with Gasteiger partial charge in [0.2, 0.25) is 0 Å². The van der Waals surface area contributed by atoms with Crippen LogP contribution in [-0.2, 0) is 4.79 Å². The summed E-state index contributed by atoms with van der Waals surface area (Å²) in [5.41, 5.74) is 4.35. The first-order chi connectivity index (χ1) is 13.6. The van der Waals surface area contributed by atoms with Gasteiger partial charge in [-0.25, -0.2) is 0 Å². The smallest absolute Gasteiger partial charge is 0.293 e. The summed E-state index contributed by atoms with van der Waals surface area (Å²) in [5, 5.41) is 10.8. The minimum Gasteiger partial charge on any atom is -0.318 e. The zero-order valence-electron chi connectivity index (χ0n) is 17.1. The summed E-state index contributed by atoms with van der Waals surface area (Å²) in [7, 11) is 0. The van der Waals surface area contributed by atoms with Crippen molar-refractivity contribution in [3.63, 3.8) is 0 Å². The zero-order valence-corrected chi connectivity index (χ0v) is 17.9. The SMILES string of the molecule is CC[C@H](C)N1C(=O)S/C(=C/c2cc(C)n(-c3ccc([N+](=O)[O-])cc3C)c2C)C1=O. The van der Waals surface area contributed by atoms with Gasteiger partial charge in [-0.05, 0) is 75.2 Å². The highest BCUT2D eigenvalue weighted by atomic mass is 32.2.